The van der Waals surface area contributed by atoms with Crippen molar-refractivity contribution in [2.45, 2.75) is 70.7 Å². The van der Waals surface area contributed by atoms with Crippen LogP contribution in [0.1, 0.15) is 42.9 Å². The van der Waals surface area contributed by atoms with Crippen molar-refractivity contribution in [1.82, 2.24) is 19.5 Å². The number of rotatable bonds is 14. The molecule has 15 nitrogen and oxygen atoms in total. The third-order valence-electron chi connectivity index (χ3n) is 7.15. The lowest BCUT2D eigenvalue weighted by Gasteiger charge is -2.31. The van der Waals surface area contributed by atoms with Crippen LogP contribution in [0.2, 0.25) is 5.28 Å². The van der Waals surface area contributed by atoms with E-state index in [9.17, 15) is 19.2 Å². The van der Waals surface area contributed by atoms with Crippen LogP contribution in [0.5, 0.6) is 0 Å². The summed E-state index contributed by atoms with van der Waals surface area (Å²) in [7, 11) is 1.22. The van der Waals surface area contributed by atoms with Crippen LogP contribution in [0.4, 0.5) is 10.2 Å². The average molecular weight is 700 g/mol. The van der Waals surface area contributed by atoms with Gasteiger partial charge in [0.2, 0.25) is 5.28 Å². The molecule has 0 spiro atoms. The fraction of sp³-hybridized carbons (Fsp3) is 0.552. The van der Waals surface area contributed by atoms with E-state index >= 15 is 4.39 Å². The van der Waals surface area contributed by atoms with E-state index in [1.54, 1.807) is 33.1 Å². The monoisotopic (exact) mass is 699 g/mol. The Morgan fingerprint density at radius 2 is 1.83 bits per heavy atom. The van der Waals surface area contributed by atoms with Crippen molar-refractivity contribution in [1.29, 1.82) is 0 Å². The Balaban J connectivity index is 1.66. The molecule has 3 aromatic rings. The quantitative estimate of drug-likeness (QED) is 0.112. The van der Waals surface area contributed by atoms with Crippen LogP contribution in [0, 0.1) is 5.92 Å². The van der Waals surface area contributed by atoms with E-state index in [2.05, 4.69) is 15.0 Å². The third kappa shape index (κ3) is 7.80. The number of fused-ring (bicyclic) bond motifs is 1. The molecule has 1 fully saturated rings. The number of nitrogen functional groups attached to an aromatic ring is 1. The Morgan fingerprint density at radius 1 is 1.15 bits per heavy atom. The molecule has 47 heavy (non-hydrogen) atoms. The first-order chi connectivity index (χ1) is 22.3. The van der Waals surface area contributed by atoms with Crippen molar-refractivity contribution in [3.05, 3.63) is 33.5 Å². The Morgan fingerprint density at radius 3 is 2.45 bits per heavy atom. The van der Waals surface area contributed by atoms with E-state index in [0.29, 0.717) is 5.56 Å². The number of hydrogen-bond donors (Lipinski definition) is 1. The molecule has 2 N–H and O–H groups in total. The summed E-state index contributed by atoms with van der Waals surface area (Å²) in [4.78, 5) is 64.0. The van der Waals surface area contributed by atoms with Gasteiger partial charge in [-0.25, -0.2) is 23.8 Å². The van der Waals surface area contributed by atoms with Gasteiger partial charge in [-0.05, 0) is 42.5 Å². The molecule has 1 aliphatic heterocycles. The summed E-state index contributed by atoms with van der Waals surface area (Å²) in [6, 6.07) is 1.44. The number of imidazole rings is 1. The number of aromatic nitrogens is 4. The molecule has 4 atom stereocenters. The molecule has 0 bridgehead atoms. The fourth-order valence-electron chi connectivity index (χ4n) is 4.83. The zero-order chi connectivity index (χ0) is 34.5. The van der Waals surface area contributed by atoms with Crippen molar-refractivity contribution in [2.24, 2.45) is 5.92 Å². The zero-order valence-electron chi connectivity index (χ0n) is 26.3. The van der Waals surface area contributed by atoms with Gasteiger partial charge in [-0.2, -0.15) is 9.97 Å². The van der Waals surface area contributed by atoms with Crippen LogP contribution >= 0.6 is 22.9 Å². The number of carbonyl (C=O) groups is 4. The van der Waals surface area contributed by atoms with Crippen LogP contribution in [0.15, 0.2) is 17.8 Å². The molecular weight excluding hydrogens is 665 g/mol. The number of nitrogens with two attached hydrogens (primary N) is 1. The Kier molecular flexibility index (Phi) is 11.7. The van der Waals surface area contributed by atoms with Gasteiger partial charge in [-0.15, -0.1) is 11.3 Å². The minimum absolute atomic E-state index is 0.0245. The number of anilines is 1. The number of halogens is 2. The maximum atomic E-state index is 16.1. The van der Waals surface area contributed by atoms with Gasteiger partial charge >= 0.3 is 23.9 Å². The molecular formula is C29H35ClFN5O10S. The first kappa shape index (κ1) is 35.9. The average Bonchev–Trinajstić information content (AvgIpc) is 3.74. The van der Waals surface area contributed by atoms with Gasteiger partial charge in [0.15, 0.2) is 23.7 Å². The molecule has 0 saturated carbocycles. The Bertz CT molecular complexity index is 1600. The van der Waals surface area contributed by atoms with E-state index < -0.39 is 72.9 Å². The van der Waals surface area contributed by atoms with Gasteiger partial charge in [0.1, 0.15) is 22.6 Å². The van der Waals surface area contributed by atoms with E-state index in [0.717, 1.165) is 11.3 Å². The van der Waals surface area contributed by atoms with Gasteiger partial charge in [-0.3, -0.25) is 4.79 Å². The smallest absolute Gasteiger partial charge is 0.350 e. The summed E-state index contributed by atoms with van der Waals surface area (Å²) in [6.07, 6.45) is -4.98. The lowest BCUT2D eigenvalue weighted by molar-refractivity contribution is -0.197. The summed E-state index contributed by atoms with van der Waals surface area (Å²) in [5.74, 6) is -4.06. The zero-order valence-corrected chi connectivity index (χ0v) is 27.8. The Hall–Kier alpha value is -3.93. The number of thiophene rings is 1. The van der Waals surface area contributed by atoms with Crippen LogP contribution in [0.25, 0.3) is 11.2 Å². The molecule has 0 radical (unpaired) electrons. The largest absolute Gasteiger partial charge is 0.465 e. The second kappa shape index (κ2) is 15.3. The molecule has 4 rings (SSSR count). The third-order valence-corrected chi connectivity index (χ3v) is 8.27. The van der Waals surface area contributed by atoms with E-state index in [4.69, 9.17) is 45.8 Å². The van der Waals surface area contributed by atoms with Gasteiger partial charge in [0, 0.05) is 6.42 Å². The highest BCUT2D eigenvalue weighted by Gasteiger charge is 2.54. The van der Waals surface area contributed by atoms with Crippen molar-refractivity contribution in [2.75, 3.05) is 32.7 Å². The highest BCUT2D eigenvalue weighted by Crippen LogP contribution is 2.33. The number of nitrogens with zero attached hydrogens (tertiary/aromatic N) is 4. The molecule has 1 aliphatic rings. The second-order valence-electron chi connectivity index (χ2n) is 10.7. The first-order valence-electron chi connectivity index (χ1n) is 14.6. The molecule has 0 aliphatic carbocycles. The summed E-state index contributed by atoms with van der Waals surface area (Å²) in [6.45, 7) is 5.25. The van der Waals surface area contributed by atoms with Crippen molar-refractivity contribution < 1.29 is 52.0 Å². The van der Waals surface area contributed by atoms with Crippen LogP contribution in [-0.2, 0) is 55.8 Å². The lowest BCUT2D eigenvalue weighted by atomic mass is 9.95. The number of alkyl halides is 1. The van der Waals surface area contributed by atoms with E-state index in [1.807, 2.05) is 0 Å². The van der Waals surface area contributed by atoms with Gasteiger partial charge < -0.3 is 38.7 Å². The number of hydrogen-bond acceptors (Lipinski definition) is 15. The van der Waals surface area contributed by atoms with Gasteiger partial charge in [0.25, 0.3) is 5.60 Å². The SMILES string of the molecule is CCOC(=O)C(Cc1csc(C(=O)OC)c1)(OC[C@H]1O[C@@H](Cn2cnc3c(N)nc(Cl)nc32)[C@@H](F)[C@@H]1OC(=O)C(C)C)C(=O)OCC. The molecule has 0 amide bonds. The van der Waals surface area contributed by atoms with Crippen molar-refractivity contribution >= 4 is 63.8 Å². The molecule has 3 aromatic heterocycles. The maximum Gasteiger partial charge on any atom is 0.350 e. The molecule has 0 aromatic carbocycles. The van der Waals surface area contributed by atoms with Gasteiger partial charge in [-0.1, -0.05) is 13.8 Å². The molecule has 1 saturated heterocycles. The van der Waals surface area contributed by atoms with Crippen LogP contribution < -0.4 is 5.73 Å². The molecule has 0 unspecified atom stereocenters. The number of ether oxygens (including phenoxy) is 6. The maximum absolute atomic E-state index is 16.1. The summed E-state index contributed by atoms with van der Waals surface area (Å²) >= 11 is 7.01. The standard InChI is InChI=1S/C29H35ClFN5O10S/c1-6-42-26(39)29(27(40)43-7-2,9-15-8-18(47-12-15)25(38)41-5)44-11-17-21(46-24(37)14(3)4)19(31)16(45-17)10-36-13-33-20-22(32)34-28(30)35-23(20)36/h8,12-14,16-17,19,21H,6-7,9-11H2,1-5H3,(H2,32,34,35)/t16-,17+,19+,21+/m0/s1. The number of methoxy groups -OCH3 is 1. The molecule has 18 heteroatoms. The topological polar surface area (TPSA) is 193 Å². The normalized spacial score (nSPS) is 19.6. The minimum atomic E-state index is -2.40. The lowest BCUT2D eigenvalue weighted by Crippen LogP contribution is -2.54. The first-order valence-corrected chi connectivity index (χ1v) is 15.9. The highest BCUT2D eigenvalue weighted by molar-refractivity contribution is 7.12. The highest BCUT2D eigenvalue weighted by atomic mass is 35.5. The fourth-order valence-corrected chi connectivity index (χ4v) is 5.83. The molecule has 4 heterocycles. The Labute approximate surface area is 277 Å². The number of carbonyl (C=O) groups excluding carboxylic acids is 4. The van der Waals surface area contributed by atoms with Gasteiger partial charge in [0.05, 0.1) is 45.7 Å². The second-order valence-corrected chi connectivity index (χ2v) is 12.0. The van der Waals surface area contributed by atoms with Crippen molar-refractivity contribution in [3.63, 3.8) is 0 Å². The van der Waals surface area contributed by atoms with E-state index in [-0.39, 0.29) is 46.9 Å². The predicted octanol–water partition coefficient (Wildman–Crippen LogP) is 2.71. The summed E-state index contributed by atoms with van der Waals surface area (Å²) < 4.78 is 50.4. The minimum Gasteiger partial charge on any atom is -0.465 e. The number of esters is 4. The molecule has 256 valence electrons. The van der Waals surface area contributed by atoms with Crippen LogP contribution in [-0.4, -0.2) is 100 Å². The van der Waals surface area contributed by atoms with Crippen LogP contribution in [0.3, 0.4) is 0 Å². The van der Waals surface area contributed by atoms with Crippen molar-refractivity contribution in [3.8, 4) is 0 Å². The summed E-state index contributed by atoms with van der Waals surface area (Å²) in [5, 5.41) is 1.41. The summed E-state index contributed by atoms with van der Waals surface area (Å²) in [5.41, 5.74) is 4.32. The predicted molar refractivity (Wildman–Crippen MR) is 164 cm³/mol. The van der Waals surface area contributed by atoms with E-state index in [1.165, 1.54) is 24.1 Å².